The van der Waals surface area contributed by atoms with E-state index in [-0.39, 0.29) is 0 Å². The highest BCUT2D eigenvalue weighted by atomic mass is 35.6. The predicted octanol–water partition coefficient (Wildman–Crippen LogP) is 11.7. The molecule has 0 saturated carbocycles. The Labute approximate surface area is 209 Å². The van der Waals surface area contributed by atoms with Crippen LogP contribution in [-0.2, 0) is 0 Å². The van der Waals surface area contributed by atoms with Gasteiger partial charge in [-0.05, 0) is 18.2 Å². The quantitative estimate of drug-likeness (QED) is 0.0529. The van der Waals surface area contributed by atoms with Crippen molar-refractivity contribution in [2.75, 3.05) is 5.75 Å². The highest BCUT2D eigenvalue weighted by Gasteiger charge is 2.15. The highest BCUT2D eigenvalue weighted by molar-refractivity contribution is 7.80. The molecule has 0 nitrogen and oxygen atoms in total. The van der Waals surface area contributed by atoms with E-state index >= 15 is 0 Å². The number of rotatable bonds is 26. The van der Waals surface area contributed by atoms with Crippen LogP contribution in [0.1, 0.15) is 154 Å². The van der Waals surface area contributed by atoms with Crippen LogP contribution in [0.4, 0.5) is 0 Å². The molecule has 31 heavy (non-hydrogen) atoms. The Balaban J connectivity index is 3.02. The normalized spacial score (nSPS) is 12.0. The van der Waals surface area contributed by atoms with Gasteiger partial charge >= 0.3 is 0 Å². The Hall–Kier alpha value is 0.857. The predicted molar refractivity (Wildman–Crippen MR) is 153 cm³/mol. The molecule has 0 aliphatic heterocycles. The minimum Gasteiger partial charge on any atom is -0.179 e. The zero-order valence-electron chi connectivity index (χ0n) is 21.7. The molecule has 0 bridgehead atoms. The van der Waals surface area contributed by atoms with Crippen LogP contribution >= 0.6 is 23.7 Å². The lowest BCUT2D eigenvalue weighted by Crippen LogP contribution is -2.14. The van der Waals surface area contributed by atoms with Crippen molar-refractivity contribution in [1.29, 1.82) is 0 Å². The first-order valence-corrected chi connectivity index (χ1v) is 19.2. The molecule has 0 fully saturated rings. The van der Waals surface area contributed by atoms with E-state index in [1.165, 1.54) is 160 Å². The van der Waals surface area contributed by atoms with Gasteiger partial charge in [0.25, 0.3) is 0 Å². The number of unbranched alkanes of at least 4 members (excludes halogenated alkanes) is 23. The fourth-order valence-electron chi connectivity index (χ4n) is 4.55. The molecular weight excluding hydrogens is 432 g/mol. The highest BCUT2D eigenvalue weighted by Crippen LogP contribution is 2.20. The summed E-state index contributed by atoms with van der Waals surface area (Å²) in [6, 6.07) is 1.30. The monoisotopic (exact) mass is 490 g/mol. The van der Waals surface area contributed by atoms with Crippen LogP contribution in [-0.4, -0.2) is 13.1 Å². The summed E-state index contributed by atoms with van der Waals surface area (Å²) in [4.78, 5) is 0. The van der Waals surface area contributed by atoms with Gasteiger partial charge in [-0.1, -0.05) is 161 Å². The number of thiol groups is 1. The topological polar surface area (TPSA) is 0 Å². The summed E-state index contributed by atoms with van der Waals surface area (Å²) in [5.74, 6) is 1.07. The van der Waals surface area contributed by atoms with Crippen LogP contribution in [0, 0.1) is 0 Å². The molecule has 0 unspecified atom stereocenters. The summed E-state index contributed by atoms with van der Waals surface area (Å²) >= 11 is 10.7. The molecule has 0 heterocycles. The summed E-state index contributed by atoms with van der Waals surface area (Å²) in [7, 11) is -1.31. The molecule has 0 radical (unpaired) electrons. The Bertz CT molecular complexity index is 329. The van der Waals surface area contributed by atoms with Crippen molar-refractivity contribution in [3.8, 4) is 0 Å². The van der Waals surface area contributed by atoms with Gasteiger partial charge < -0.3 is 0 Å². The van der Waals surface area contributed by atoms with E-state index in [1.54, 1.807) is 0 Å². The van der Waals surface area contributed by atoms with Gasteiger partial charge in [-0.15, -0.1) is 0 Å². The fourth-order valence-corrected chi connectivity index (χ4v) is 6.26. The minimum absolute atomic E-state index is 1.07. The van der Waals surface area contributed by atoms with Gasteiger partial charge in [0.1, 0.15) is 7.38 Å². The SMILES string of the molecule is C[Si](C)(Cl)CCCCCCCCCCCCCCCCCCCCCCCCCCS. The second-order valence-electron chi connectivity index (χ2n) is 10.7. The zero-order valence-corrected chi connectivity index (χ0v) is 24.4. The smallest absolute Gasteiger partial charge is 0.150 e. The molecule has 0 atom stereocenters. The van der Waals surface area contributed by atoms with Gasteiger partial charge in [0, 0.05) is 0 Å². The Morgan fingerprint density at radius 3 is 0.774 bits per heavy atom. The maximum absolute atomic E-state index is 6.38. The Morgan fingerprint density at radius 1 is 0.387 bits per heavy atom. The van der Waals surface area contributed by atoms with E-state index in [4.69, 9.17) is 11.1 Å². The lowest BCUT2D eigenvalue weighted by molar-refractivity contribution is 0.518. The van der Waals surface area contributed by atoms with E-state index in [2.05, 4.69) is 25.7 Å². The number of hydrogen-bond donors (Lipinski definition) is 1. The average Bonchev–Trinajstić information content (AvgIpc) is 2.73. The molecule has 0 saturated heterocycles. The maximum atomic E-state index is 6.38. The molecule has 0 amide bonds. The lowest BCUT2D eigenvalue weighted by atomic mass is 10.0. The molecule has 0 aliphatic rings. The average molecular weight is 491 g/mol. The summed E-state index contributed by atoms with van der Waals surface area (Å²) in [5.41, 5.74) is 0. The Kier molecular flexibility index (Phi) is 26.2. The van der Waals surface area contributed by atoms with Crippen molar-refractivity contribution in [3.63, 3.8) is 0 Å². The molecule has 0 spiro atoms. The van der Waals surface area contributed by atoms with E-state index < -0.39 is 7.38 Å². The van der Waals surface area contributed by atoms with E-state index in [0.717, 1.165) is 5.75 Å². The van der Waals surface area contributed by atoms with E-state index in [0.29, 0.717) is 0 Å². The van der Waals surface area contributed by atoms with Crippen molar-refractivity contribution in [1.82, 2.24) is 0 Å². The van der Waals surface area contributed by atoms with Crippen molar-refractivity contribution in [3.05, 3.63) is 0 Å². The van der Waals surface area contributed by atoms with Crippen LogP contribution in [0.3, 0.4) is 0 Å². The molecule has 0 aliphatic carbocycles. The van der Waals surface area contributed by atoms with Crippen LogP contribution in [0.25, 0.3) is 0 Å². The minimum atomic E-state index is -1.31. The molecular formula is C28H59ClSSi. The summed E-state index contributed by atoms with van der Waals surface area (Å²) in [6.45, 7) is 4.54. The molecule has 3 heteroatoms. The third-order valence-electron chi connectivity index (χ3n) is 6.68. The summed E-state index contributed by atoms with van der Waals surface area (Å²) in [6.07, 6.45) is 34.8. The van der Waals surface area contributed by atoms with Crippen LogP contribution in [0.5, 0.6) is 0 Å². The van der Waals surface area contributed by atoms with Gasteiger partial charge in [-0.3, -0.25) is 0 Å². The van der Waals surface area contributed by atoms with E-state index in [9.17, 15) is 0 Å². The van der Waals surface area contributed by atoms with Crippen molar-refractivity contribution < 1.29 is 0 Å². The van der Waals surface area contributed by atoms with E-state index in [1.807, 2.05) is 0 Å². The van der Waals surface area contributed by atoms with Gasteiger partial charge in [-0.2, -0.15) is 23.7 Å². The molecule has 188 valence electrons. The number of hydrogen-bond acceptors (Lipinski definition) is 1. The largest absolute Gasteiger partial charge is 0.179 e. The summed E-state index contributed by atoms with van der Waals surface area (Å²) in [5, 5.41) is 0. The van der Waals surface area contributed by atoms with Crippen LogP contribution < -0.4 is 0 Å². The summed E-state index contributed by atoms with van der Waals surface area (Å²) < 4.78 is 0. The molecule has 0 aromatic carbocycles. The first kappa shape index (κ1) is 31.9. The van der Waals surface area contributed by atoms with Gasteiger partial charge in [0.05, 0.1) is 0 Å². The second-order valence-corrected chi connectivity index (χ2v) is 18.1. The lowest BCUT2D eigenvalue weighted by Gasteiger charge is -2.11. The molecule has 0 N–H and O–H groups in total. The molecule has 0 aromatic rings. The first-order chi connectivity index (χ1) is 15.1. The second kappa shape index (κ2) is 25.5. The molecule has 0 rings (SSSR count). The van der Waals surface area contributed by atoms with Crippen LogP contribution in [0.15, 0.2) is 0 Å². The fraction of sp³-hybridized carbons (Fsp3) is 1.00. The molecule has 0 aromatic heterocycles. The van der Waals surface area contributed by atoms with Gasteiger partial charge in [-0.25, -0.2) is 0 Å². The Morgan fingerprint density at radius 2 is 0.581 bits per heavy atom. The number of halogens is 1. The third kappa shape index (κ3) is 30.9. The van der Waals surface area contributed by atoms with Crippen molar-refractivity contribution in [2.24, 2.45) is 0 Å². The zero-order chi connectivity index (χ0) is 22.9. The van der Waals surface area contributed by atoms with Gasteiger partial charge in [0.15, 0.2) is 0 Å². The standard InChI is InChI=1S/C28H59ClSSi/c1-31(2,29)28-26-24-22-20-18-16-14-12-10-8-6-4-3-5-7-9-11-13-15-17-19-21-23-25-27-30/h30H,3-28H2,1-2H3. The van der Waals surface area contributed by atoms with Crippen molar-refractivity contribution >= 4 is 31.1 Å². The van der Waals surface area contributed by atoms with Gasteiger partial charge in [0.2, 0.25) is 0 Å². The maximum Gasteiger partial charge on any atom is 0.150 e. The van der Waals surface area contributed by atoms with Crippen molar-refractivity contribution in [2.45, 2.75) is 173 Å². The first-order valence-electron chi connectivity index (χ1n) is 14.4. The third-order valence-corrected chi connectivity index (χ3v) is 9.11. The van der Waals surface area contributed by atoms with Crippen LogP contribution in [0.2, 0.25) is 19.1 Å².